The maximum Gasteiger partial charge on any atom is 0.306 e. The third-order valence-electron chi connectivity index (χ3n) is 5.90. The largest absolute Gasteiger partial charge is 0.481 e. The Kier molecular flexibility index (Phi) is 6.93. The molecule has 5 nitrogen and oxygen atoms in total. The first kappa shape index (κ1) is 19.5. The third-order valence-corrected chi connectivity index (χ3v) is 5.90. The Labute approximate surface area is 151 Å². The van der Waals surface area contributed by atoms with Gasteiger partial charge in [-0.3, -0.25) is 14.5 Å². The van der Waals surface area contributed by atoms with Crippen LogP contribution in [0.25, 0.3) is 0 Å². The summed E-state index contributed by atoms with van der Waals surface area (Å²) >= 11 is 0. The van der Waals surface area contributed by atoms with Crippen LogP contribution < -0.4 is 0 Å². The van der Waals surface area contributed by atoms with E-state index in [1.807, 2.05) is 0 Å². The number of rotatable bonds is 5. The van der Waals surface area contributed by atoms with Crippen LogP contribution >= 0.6 is 12.4 Å². The molecular formula is C18H31ClN2O3. The maximum atomic E-state index is 12.9. The van der Waals surface area contributed by atoms with Crippen LogP contribution in [0.2, 0.25) is 0 Å². The molecule has 0 aromatic rings. The Morgan fingerprint density at radius 1 is 0.958 bits per heavy atom. The van der Waals surface area contributed by atoms with E-state index in [2.05, 4.69) is 16.7 Å². The van der Waals surface area contributed by atoms with Crippen LogP contribution in [-0.4, -0.2) is 58.5 Å². The number of carbonyl (C=O) groups excluding carboxylic acids is 1. The molecule has 1 N–H and O–H groups in total. The fourth-order valence-corrected chi connectivity index (χ4v) is 4.19. The van der Waals surface area contributed by atoms with Gasteiger partial charge in [-0.2, -0.15) is 0 Å². The topological polar surface area (TPSA) is 60.9 Å². The molecule has 0 bridgehead atoms. The number of carbonyl (C=O) groups is 2. The van der Waals surface area contributed by atoms with E-state index in [-0.39, 0.29) is 24.2 Å². The number of piperidine rings is 1. The Hall–Kier alpha value is -0.810. The molecule has 1 heterocycles. The van der Waals surface area contributed by atoms with Crippen molar-refractivity contribution in [3.8, 4) is 0 Å². The number of nitrogens with zero attached hydrogens (tertiary/aromatic N) is 2. The van der Waals surface area contributed by atoms with Crippen molar-refractivity contribution in [2.45, 2.75) is 70.4 Å². The highest BCUT2D eigenvalue weighted by atomic mass is 35.5. The van der Waals surface area contributed by atoms with Gasteiger partial charge in [-0.25, -0.2) is 0 Å². The standard InChI is InChI=1S/C18H30N2O3.ClH/c1-13-2-4-15(5-3-13)20(16-6-7-16)17(21)12-19-10-8-14(9-11-19)18(22)23;/h13-16H,2-12H2,1H3,(H,22,23);1H. The maximum absolute atomic E-state index is 12.9. The fraction of sp³-hybridized carbons (Fsp3) is 0.889. The van der Waals surface area contributed by atoms with E-state index in [0.29, 0.717) is 31.5 Å². The first-order valence-corrected chi connectivity index (χ1v) is 9.31. The van der Waals surface area contributed by atoms with Crippen molar-refractivity contribution in [1.29, 1.82) is 0 Å². The first-order valence-electron chi connectivity index (χ1n) is 9.31. The van der Waals surface area contributed by atoms with Gasteiger partial charge in [0.15, 0.2) is 0 Å². The van der Waals surface area contributed by atoms with E-state index in [4.69, 9.17) is 5.11 Å². The highest BCUT2D eigenvalue weighted by Crippen LogP contribution is 2.35. The molecule has 2 aliphatic carbocycles. The fourth-order valence-electron chi connectivity index (χ4n) is 4.19. The van der Waals surface area contributed by atoms with Crippen LogP contribution in [0.5, 0.6) is 0 Å². The summed E-state index contributed by atoms with van der Waals surface area (Å²) in [6.07, 6.45) is 8.48. The summed E-state index contributed by atoms with van der Waals surface area (Å²) in [5.41, 5.74) is 0. The third kappa shape index (κ3) is 4.85. The van der Waals surface area contributed by atoms with Crippen molar-refractivity contribution in [1.82, 2.24) is 9.80 Å². The number of hydrogen-bond acceptors (Lipinski definition) is 3. The van der Waals surface area contributed by atoms with E-state index in [0.717, 1.165) is 31.8 Å². The summed E-state index contributed by atoms with van der Waals surface area (Å²) < 4.78 is 0. The quantitative estimate of drug-likeness (QED) is 0.820. The predicted octanol–water partition coefficient (Wildman–Crippen LogP) is 2.77. The number of halogens is 1. The molecule has 6 heteroatoms. The number of aliphatic carboxylic acids is 1. The highest BCUT2D eigenvalue weighted by Gasteiger charge is 2.39. The van der Waals surface area contributed by atoms with Crippen molar-refractivity contribution >= 4 is 24.3 Å². The Balaban J connectivity index is 0.00000208. The van der Waals surface area contributed by atoms with Crippen LogP contribution in [0.4, 0.5) is 0 Å². The molecule has 0 unspecified atom stereocenters. The Morgan fingerprint density at radius 2 is 1.46 bits per heavy atom. The Morgan fingerprint density at radius 3 is 1.92 bits per heavy atom. The highest BCUT2D eigenvalue weighted by molar-refractivity contribution is 5.85. The smallest absolute Gasteiger partial charge is 0.306 e. The molecule has 138 valence electrons. The van der Waals surface area contributed by atoms with E-state index >= 15 is 0 Å². The number of carboxylic acid groups (broad SMARTS) is 1. The minimum absolute atomic E-state index is 0. The molecule has 0 aromatic heterocycles. The average molecular weight is 359 g/mol. The SMILES string of the molecule is CC1CCC(N(C(=O)CN2CCC(C(=O)O)CC2)C2CC2)CC1.Cl. The van der Waals surface area contributed by atoms with Crippen LogP contribution in [0.3, 0.4) is 0 Å². The predicted molar refractivity (Wildman–Crippen MR) is 95.3 cm³/mol. The zero-order valence-corrected chi connectivity index (χ0v) is 15.5. The van der Waals surface area contributed by atoms with Gasteiger partial charge in [0, 0.05) is 12.1 Å². The molecule has 1 aliphatic heterocycles. The Bertz CT molecular complexity index is 440. The van der Waals surface area contributed by atoms with Gasteiger partial charge in [0.1, 0.15) is 0 Å². The van der Waals surface area contributed by atoms with Gasteiger partial charge in [-0.1, -0.05) is 6.92 Å². The van der Waals surface area contributed by atoms with Gasteiger partial charge in [0.05, 0.1) is 12.5 Å². The minimum Gasteiger partial charge on any atom is -0.481 e. The summed E-state index contributed by atoms with van der Waals surface area (Å²) in [4.78, 5) is 28.2. The van der Waals surface area contributed by atoms with Gasteiger partial charge >= 0.3 is 5.97 Å². The number of amides is 1. The first-order chi connectivity index (χ1) is 11.0. The molecule has 0 aromatic carbocycles. The lowest BCUT2D eigenvalue weighted by molar-refractivity contribution is -0.143. The molecule has 3 rings (SSSR count). The summed E-state index contributed by atoms with van der Waals surface area (Å²) in [5, 5.41) is 9.07. The summed E-state index contributed by atoms with van der Waals surface area (Å²) in [5.74, 6) is 0.172. The van der Waals surface area contributed by atoms with E-state index in [1.165, 1.54) is 25.7 Å². The molecule has 1 saturated heterocycles. The molecule has 2 saturated carbocycles. The second-order valence-electron chi connectivity index (χ2n) is 7.83. The van der Waals surface area contributed by atoms with E-state index in [9.17, 15) is 9.59 Å². The normalized spacial score (nSPS) is 28.9. The van der Waals surface area contributed by atoms with Gasteiger partial charge in [-0.15, -0.1) is 12.4 Å². The van der Waals surface area contributed by atoms with Crippen LogP contribution in [0.1, 0.15) is 58.3 Å². The lowest BCUT2D eigenvalue weighted by Gasteiger charge is -2.38. The van der Waals surface area contributed by atoms with Crippen LogP contribution in [-0.2, 0) is 9.59 Å². The van der Waals surface area contributed by atoms with E-state index < -0.39 is 5.97 Å². The number of hydrogen-bond donors (Lipinski definition) is 1. The van der Waals surface area contributed by atoms with Crippen LogP contribution in [0.15, 0.2) is 0 Å². The van der Waals surface area contributed by atoms with Crippen LogP contribution in [0, 0.1) is 11.8 Å². The second kappa shape index (κ2) is 8.52. The number of carboxylic acids is 1. The minimum atomic E-state index is -0.688. The number of likely N-dealkylation sites (tertiary alicyclic amines) is 1. The second-order valence-corrected chi connectivity index (χ2v) is 7.83. The molecule has 0 atom stereocenters. The van der Waals surface area contributed by atoms with Gasteiger partial charge in [-0.05, 0) is 70.4 Å². The van der Waals surface area contributed by atoms with Gasteiger partial charge in [0.2, 0.25) is 5.91 Å². The molecular weight excluding hydrogens is 328 g/mol. The average Bonchev–Trinajstić information content (AvgIpc) is 3.35. The van der Waals surface area contributed by atoms with Crippen molar-refractivity contribution in [3.05, 3.63) is 0 Å². The zero-order valence-electron chi connectivity index (χ0n) is 14.7. The molecule has 24 heavy (non-hydrogen) atoms. The molecule has 3 aliphatic rings. The summed E-state index contributed by atoms with van der Waals surface area (Å²) in [6.45, 7) is 4.27. The molecule has 1 amide bonds. The molecule has 3 fully saturated rings. The lowest BCUT2D eigenvalue weighted by Crippen LogP contribution is -2.49. The van der Waals surface area contributed by atoms with Crippen molar-refractivity contribution in [2.75, 3.05) is 19.6 Å². The lowest BCUT2D eigenvalue weighted by atomic mass is 9.86. The molecule has 0 spiro atoms. The summed E-state index contributed by atoms with van der Waals surface area (Å²) in [7, 11) is 0. The summed E-state index contributed by atoms with van der Waals surface area (Å²) in [6, 6.07) is 0.931. The molecule has 0 radical (unpaired) electrons. The van der Waals surface area contributed by atoms with Gasteiger partial charge in [0.25, 0.3) is 0 Å². The van der Waals surface area contributed by atoms with Crippen molar-refractivity contribution in [2.24, 2.45) is 11.8 Å². The van der Waals surface area contributed by atoms with Crippen molar-refractivity contribution < 1.29 is 14.7 Å². The van der Waals surface area contributed by atoms with Crippen molar-refractivity contribution in [3.63, 3.8) is 0 Å². The van der Waals surface area contributed by atoms with Gasteiger partial charge < -0.3 is 10.0 Å². The van der Waals surface area contributed by atoms with E-state index in [1.54, 1.807) is 0 Å². The monoisotopic (exact) mass is 358 g/mol. The zero-order chi connectivity index (χ0) is 16.4.